The Kier molecular flexibility index (Phi) is 12.8. The highest BCUT2D eigenvalue weighted by Gasteiger charge is 2.25. The largest absolute Gasteiger partial charge is 0.465 e. The van der Waals surface area contributed by atoms with Gasteiger partial charge in [0.2, 0.25) is 5.91 Å². The van der Waals surface area contributed by atoms with Crippen LogP contribution in [0.5, 0.6) is 6.01 Å². The number of ether oxygens (including phenoxy) is 2. The first-order valence-corrected chi connectivity index (χ1v) is 16.5. The molecule has 0 bridgehead atoms. The van der Waals surface area contributed by atoms with E-state index >= 15 is 4.39 Å². The number of benzene rings is 2. The lowest BCUT2D eigenvalue weighted by Crippen LogP contribution is -2.33. The van der Waals surface area contributed by atoms with Crippen LogP contribution in [-0.2, 0) is 33.8 Å². The Morgan fingerprint density at radius 2 is 1.80 bits per heavy atom. The minimum absolute atomic E-state index is 0.0226. The fourth-order valence-electron chi connectivity index (χ4n) is 5.01. The molecule has 1 N–H and O–H groups in total. The summed E-state index contributed by atoms with van der Waals surface area (Å²) in [7, 11) is 0. The smallest absolute Gasteiger partial charge is 0.339 e. The summed E-state index contributed by atoms with van der Waals surface area (Å²) >= 11 is 1.16. The van der Waals surface area contributed by atoms with Gasteiger partial charge in [-0.25, -0.2) is 9.18 Å². The topological polar surface area (TPSA) is 99.5 Å². The maximum Gasteiger partial charge on any atom is 0.339 e. The molecule has 1 unspecified atom stereocenters. The second-order valence-corrected chi connectivity index (χ2v) is 13.6. The van der Waals surface area contributed by atoms with Crippen LogP contribution >= 0.6 is 11.8 Å². The number of thioether (sulfide) groups is 1. The van der Waals surface area contributed by atoms with Gasteiger partial charge >= 0.3 is 5.97 Å². The van der Waals surface area contributed by atoms with Crippen molar-refractivity contribution in [2.75, 3.05) is 12.4 Å². The van der Waals surface area contributed by atoms with Crippen molar-refractivity contribution >= 4 is 28.8 Å². The van der Waals surface area contributed by atoms with Crippen LogP contribution in [-0.4, -0.2) is 44.5 Å². The van der Waals surface area contributed by atoms with Crippen molar-refractivity contribution in [1.82, 2.24) is 14.9 Å². The molecule has 0 saturated carbocycles. The van der Waals surface area contributed by atoms with Crippen molar-refractivity contribution in [3.05, 3.63) is 70.8 Å². The van der Waals surface area contributed by atoms with Gasteiger partial charge in [-0.2, -0.15) is 4.98 Å². The number of nitrogens with one attached hydrogen (secondary N) is 1. The maximum atomic E-state index is 15.8. The predicted molar refractivity (Wildman–Crippen MR) is 177 cm³/mol. The summed E-state index contributed by atoms with van der Waals surface area (Å²) in [5.74, 6) is -0.676. The molecule has 3 rings (SSSR count). The third kappa shape index (κ3) is 10.2. The van der Waals surface area contributed by atoms with Crippen molar-refractivity contribution in [1.29, 1.82) is 0 Å². The van der Waals surface area contributed by atoms with Gasteiger partial charge < -0.3 is 14.8 Å². The summed E-state index contributed by atoms with van der Waals surface area (Å²) in [5, 5.41) is 3.02. The Morgan fingerprint density at radius 3 is 2.40 bits per heavy atom. The highest BCUT2D eigenvalue weighted by Crippen LogP contribution is 2.29. The third-order valence-corrected chi connectivity index (χ3v) is 7.99. The number of amides is 1. The minimum Gasteiger partial charge on any atom is -0.465 e. The molecule has 10 heteroatoms. The Labute approximate surface area is 270 Å². The molecule has 244 valence electrons. The van der Waals surface area contributed by atoms with Gasteiger partial charge in [-0.05, 0) is 69.7 Å². The summed E-state index contributed by atoms with van der Waals surface area (Å²) in [4.78, 5) is 42.4. The summed E-state index contributed by atoms with van der Waals surface area (Å²) < 4.78 is 29.0. The van der Waals surface area contributed by atoms with Crippen LogP contribution in [0, 0.1) is 17.7 Å². The number of imidazole rings is 1. The Morgan fingerprint density at radius 1 is 1.09 bits per heavy atom. The Bertz CT molecular complexity index is 1490. The number of aryl methyl sites for hydroxylation is 1. The average molecular weight is 640 g/mol. The SMILES string of the molecule is CCOc1nc(CC)c(CNC(=O)C(CSC(C)=O)CC(C)C)n1Cc1ccc(-c2ccccc2C(=O)OC(C)(C)C)cc1F. The van der Waals surface area contributed by atoms with Crippen LogP contribution < -0.4 is 10.1 Å². The molecule has 0 fully saturated rings. The van der Waals surface area contributed by atoms with Crippen LogP contribution in [0.1, 0.15) is 89.1 Å². The molecule has 0 aliphatic carbocycles. The standard InChI is InChI=1S/C35H46FN3O5S/c1-9-30-31(19-37-32(41)26(17-22(3)4)21-45-23(5)40)39(34(38-30)43-10-2)20-25-16-15-24(18-29(25)36)27-13-11-12-14-28(27)33(42)44-35(6,7)8/h11-16,18,22,26H,9-10,17,19-21H2,1-8H3,(H,37,41). The first kappa shape index (κ1) is 35.8. The predicted octanol–water partition coefficient (Wildman–Crippen LogP) is 7.21. The van der Waals surface area contributed by atoms with Gasteiger partial charge in [0.25, 0.3) is 6.01 Å². The van der Waals surface area contributed by atoms with E-state index in [9.17, 15) is 14.4 Å². The number of aromatic nitrogens is 2. The zero-order valence-electron chi connectivity index (χ0n) is 27.7. The van der Waals surface area contributed by atoms with Gasteiger partial charge in [0.1, 0.15) is 11.4 Å². The molecule has 0 aliphatic rings. The van der Waals surface area contributed by atoms with Crippen LogP contribution in [0.25, 0.3) is 11.1 Å². The number of halogens is 1. The average Bonchev–Trinajstić information content (AvgIpc) is 3.29. The third-order valence-electron chi connectivity index (χ3n) is 7.01. The van der Waals surface area contributed by atoms with Gasteiger partial charge in [0, 0.05) is 24.2 Å². The number of nitrogens with zero attached hydrogens (tertiary/aromatic N) is 2. The molecule has 45 heavy (non-hydrogen) atoms. The summed E-state index contributed by atoms with van der Waals surface area (Å²) in [6.45, 7) is 15.5. The monoisotopic (exact) mass is 639 g/mol. The second-order valence-electron chi connectivity index (χ2n) is 12.4. The highest BCUT2D eigenvalue weighted by atomic mass is 32.2. The summed E-state index contributed by atoms with van der Waals surface area (Å²) in [6, 6.07) is 12.2. The quantitative estimate of drug-likeness (QED) is 0.186. The molecule has 0 radical (unpaired) electrons. The lowest BCUT2D eigenvalue weighted by molar-refractivity contribution is -0.125. The zero-order chi connectivity index (χ0) is 33.3. The van der Waals surface area contributed by atoms with E-state index in [-0.39, 0.29) is 35.9 Å². The van der Waals surface area contributed by atoms with Crippen molar-refractivity contribution < 1.29 is 28.2 Å². The molecule has 0 spiro atoms. The lowest BCUT2D eigenvalue weighted by atomic mass is 9.98. The van der Waals surface area contributed by atoms with Gasteiger partial charge in [-0.15, -0.1) is 0 Å². The highest BCUT2D eigenvalue weighted by molar-refractivity contribution is 8.13. The molecule has 1 heterocycles. The van der Waals surface area contributed by atoms with E-state index in [0.717, 1.165) is 23.1 Å². The number of carbonyl (C=O) groups excluding carboxylic acids is 3. The molecule has 0 saturated heterocycles. The molecule has 3 aromatic rings. The molecule has 1 amide bonds. The first-order chi connectivity index (χ1) is 21.2. The van der Waals surface area contributed by atoms with E-state index in [2.05, 4.69) is 10.3 Å². The van der Waals surface area contributed by atoms with E-state index in [4.69, 9.17) is 9.47 Å². The van der Waals surface area contributed by atoms with Gasteiger partial charge in [0.05, 0.1) is 36.6 Å². The lowest BCUT2D eigenvalue weighted by Gasteiger charge is -2.20. The van der Waals surface area contributed by atoms with Crippen LogP contribution in [0.15, 0.2) is 42.5 Å². The van der Waals surface area contributed by atoms with Crippen molar-refractivity contribution in [2.24, 2.45) is 11.8 Å². The van der Waals surface area contributed by atoms with Gasteiger partial charge in [0.15, 0.2) is 5.12 Å². The molecule has 8 nitrogen and oxygen atoms in total. The van der Waals surface area contributed by atoms with Crippen molar-refractivity contribution in [3.8, 4) is 17.1 Å². The van der Waals surface area contributed by atoms with E-state index in [1.165, 1.54) is 13.0 Å². The fraction of sp³-hybridized carbons (Fsp3) is 0.486. The number of hydrogen-bond acceptors (Lipinski definition) is 7. The van der Waals surface area contributed by atoms with Gasteiger partial charge in [-0.1, -0.05) is 62.9 Å². The maximum absolute atomic E-state index is 15.8. The minimum atomic E-state index is -0.667. The fourth-order valence-corrected chi connectivity index (χ4v) is 5.73. The van der Waals surface area contributed by atoms with Crippen LogP contribution in [0.4, 0.5) is 4.39 Å². The van der Waals surface area contributed by atoms with E-state index in [1.54, 1.807) is 61.7 Å². The van der Waals surface area contributed by atoms with Crippen molar-refractivity contribution in [3.63, 3.8) is 0 Å². The van der Waals surface area contributed by atoms with Crippen LogP contribution in [0.2, 0.25) is 0 Å². The molecule has 0 aliphatic heterocycles. The number of hydrogen-bond donors (Lipinski definition) is 1. The zero-order valence-corrected chi connectivity index (χ0v) is 28.5. The van der Waals surface area contributed by atoms with E-state index in [0.29, 0.717) is 53.5 Å². The molecule has 1 atom stereocenters. The summed E-state index contributed by atoms with van der Waals surface area (Å²) in [5.41, 5.74) is 2.70. The van der Waals surface area contributed by atoms with Gasteiger partial charge in [-0.3, -0.25) is 14.2 Å². The number of esters is 1. The molecular formula is C35H46FN3O5S. The van der Waals surface area contributed by atoms with E-state index < -0.39 is 17.4 Å². The van der Waals surface area contributed by atoms with E-state index in [1.807, 2.05) is 27.7 Å². The number of carbonyl (C=O) groups is 3. The molecular weight excluding hydrogens is 593 g/mol. The Hall–Kier alpha value is -3.66. The van der Waals surface area contributed by atoms with Crippen molar-refractivity contribution in [2.45, 2.75) is 86.9 Å². The number of rotatable bonds is 14. The second kappa shape index (κ2) is 16.1. The normalized spacial score (nSPS) is 12.2. The first-order valence-electron chi connectivity index (χ1n) is 15.5. The summed E-state index contributed by atoms with van der Waals surface area (Å²) in [6.07, 6.45) is 1.25. The Balaban J connectivity index is 1.92. The molecule has 2 aromatic carbocycles. The van der Waals surface area contributed by atoms with Crippen LogP contribution in [0.3, 0.4) is 0 Å². The molecule has 1 aromatic heterocycles.